The third kappa shape index (κ3) is 4.26. The van der Waals surface area contributed by atoms with Gasteiger partial charge in [-0.1, -0.05) is 6.92 Å². The number of fused-ring (bicyclic) bond motifs is 2. The fraction of sp³-hybridized carbons (Fsp3) is 0.640. The van der Waals surface area contributed by atoms with Crippen LogP contribution in [0.1, 0.15) is 38.7 Å². The molecule has 0 radical (unpaired) electrons. The molecule has 6 atom stereocenters. The number of nitrogens with zero attached hydrogens (tertiary/aromatic N) is 2. The summed E-state index contributed by atoms with van der Waals surface area (Å²) < 4.78 is 6.59. The van der Waals surface area contributed by atoms with Crippen LogP contribution in [0.3, 0.4) is 0 Å². The fourth-order valence-corrected chi connectivity index (χ4v) is 8.90. The molecule has 198 valence electrons. The number of hydrogen-bond donors (Lipinski definition) is 4. The minimum absolute atomic E-state index is 0.00896. The molecule has 0 saturated carbocycles. The average Bonchev–Trinajstić information content (AvgIpc) is 3.45. The van der Waals surface area contributed by atoms with Crippen LogP contribution in [0, 0.1) is 5.92 Å². The van der Waals surface area contributed by atoms with Gasteiger partial charge in [0, 0.05) is 36.3 Å². The van der Waals surface area contributed by atoms with Gasteiger partial charge in [0.25, 0.3) is 11.8 Å². The van der Waals surface area contributed by atoms with Crippen molar-refractivity contribution in [1.29, 1.82) is 0 Å². The molecule has 0 unspecified atom stereocenters. The molecule has 4 rings (SSSR count). The van der Waals surface area contributed by atoms with Crippen LogP contribution >= 0.6 is 0 Å². The number of likely N-dealkylation sites (N-methyl/N-ethyl adjacent to an activating group) is 1. The molecule has 3 aliphatic heterocycles. The first-order chi connectivity index (χ1) is 16.8. The minimum atomic E-state index is -2.92. The number of rotatable bonds is 6. The largest absolute Gasteiger partial charge is 0.432 e. The topological polar surface area (TPSA) is 140 Å². The van der Waals surface area contributed by atoms with Gasteiger partial charge in [0.1, 0.15) is 6.10 Å². The summed E-state index contributed by atoms with van der Waals surface area (Å²) in [5, 5.41) is 21.9. The van der Waals surface area contributed by atoms with Crippen LogP contribution in [-0.4, -0.2) is 84.4 Å². The fourth-order valence-electron chi connectivity index (χ4n) is 6.35. The van der Waals surface area contributed by atoms with E-state index < -0.39 is 43.5 Å². The molecule has 3 heterocycles. The second-order valence-electron chi connectivity index (χ2n) is 10.9. The van der Waals surface area contributed by atoms with E-state index in [2.05, 4.69) is 5.32 Å². The molecule has 1 spiro atoms. The van der Waals surface area contributed by atoms with Crippen molar-refractivity contribution in [1.82, 2.24) is 4.90 Å². The number of likely N-dealkylation sites (tertiary alicyclic amines) is 1. The number of carbonyl (C=O) groups is 3. The number of benzene rings is 1. The van der Waals surface area contributed by atoms with E-state index in [-0.39, 0.29) is 30.9 Å². The summed E-state index contributed by atoms with van der Waals surface area (Å²) in [6, 6.07) is 4.85. The third-order valence-corrected chi connectivity index (χ3v) is 10.5. The number of anilines is 2. The van der Waals surface area contributed by atoms with Crippen LogP contribution < -0.4 is 10.2 Å². The molecule has 10 nitrogen and oxygen atoms in total. The zero-order valence-electron chi connectivity index (χ0n) is 21.5. The predicted octanol–water partition coefficient (Wildman–Crippen LogP) is 1.15. The van der Waals surface area contributed by atoms with Gasteiger partial charge in [-0.3, -0.25) is 14.4 Å². The van der Waals surface area contributed by atoms with Gasteiger partial charge in [-0.05, 0) is 51.1 Å². The Morgan fingerprint density at radius 3 is 2.64 bits per heavy atom. The number of hydrogen-bond acceptors (Lipinski definition) is 7. The van der Waals surface area contributed by atoms with Crippen LogP contribution in [-0.2, 0) is 24.7 Å². The van der Waals surface area contributed by atoms with Crippen LogP contribution in [0.5, 0.6) is 0 Å². The number of carbonyl (C=O) groups excluding carboxylic acids is 3. The maximum Gasteiger partial charge on any atom is 0.264 e. The average molecular weight is 520 g/mol. The number of ether oxygens (including phenoxy) is 1. The summed E-state index contributed by atoms with van der Waals surface area (Å²) in [7, 11) is -1.26. The van der Waals surface area contributed by atoms with E-state index in [0.29, 0.717) is 23.5 Å². The molecule has 2 fully saturated rings. The molecule has 1 aromatic rings. The highest BCUT2D eigenvalue weighted by Crippen LogP contribution is 2.59. The van der Waals surface area contributed by atoms with Crippen LogP contribution in [0.2, 0.25) is 18.6 Å². The smallest absolute Gasteiger partial charge is 0.264 e. The normalized spacial score (nSPS) is 30.7. The quantitative estimate of drug-likeness (QED) is 0.414. The first-order valence-corrected chi connectivity index (χ1v) is 15.6. The summed E-state index contributed by atoms with van der Waals surface area (Å²) in [6.45, 7) is 7.31. The van der Waals surface area contributed by atoms with Gasteiger partial charge in [0.15, 0.2) is 13.9 Å². The molecule has 11 heteroatoms. The molecule has 0 bridgehead atoms. The van der Waals surface area contributed by atoms with Crippen LogP contribution in [0.4, 0.5) is 11.4 Å². The van der Waals surface area contributed by atoms with Crippen molar-refractivity contribution in [3.05, 3.63) is 23.8 Å². The van der Waals surface area contributed by atoms with E-state index in [0.717, 1.165) is 12.8 Å². The van der Waals surface area contributed by atoms with Crippen molar-refractivity contribution in [2.75, 3.05) is 30.4 Å². The predicted molar refractivity (Wildman–Crippen MR) is 136 cm³/mol. The zero-order chi connectivity index (χ0) is 26.6. The molecular weight excluding hydrogens is 482 g/mol. The molecule has 36 heavy (non-hydrogen) atoms. The SMILES string of the molecule is C[C@H](O)C(=O)Nc1ccc2c(c1)[C@@]1(O[C@H](CC(=O)N3CCC[C@H]3CO)[C@@H]([Si](C)(C)O)[C@@H]1C)C(=O)N2C. The highest BCUT2D eigenvalue weighted by Gasteiger charge is 2.66. The Morgan fingerprint density at radius 1 is 1.33 bits per heavy atom. The standard InChI is InChI=1S/C25H37N3O7Si/c1-14-22(36(4,5)34)20(12-21(31)28-10-6-7-17(28)13-29)35-25(14)18-11-16(26-23(32)15(2)30)8-9-19(18)27(3)24(25)33/h8-9,11,14-15,17,20,22,29-30,34H,6-7,10,12-13H2,1-5H3,(H,26,32)/t14-,15-,17-,20+,22-,25+/m0/s1. The molecule has 3 aliphatic rings. The Labute approximate surface area is 212 Å². The van der Waals surface area contributed by atoms with Gasteiger partial charge in [-0.15, -0.1) is 0 Å². The number of aliphatic hydroxyl groups excluding tert-OH is 2. The van der Waals surface area contributed by atoms with Gasteiger partial charge in [-0.2, -0.15) is 0 Å². The van der Waals surface area contributed by atoms with Gasteiger partial charge >= 0.3 is 0 Å². The molecular formula is C25H37N3O7Si. The van der Waals surface area contributed by atoms with E-state index in [9.17, 15) is 29.4 Å². The Bertz CT molecular complexity index is 1060. The Hall–Kier alpha value is -2.31. The summed E-state index contributed by atoms with van der Waals surface area (Å²) >= 11 is 0. The number of nitrogens with one attached hydrogen (secondary N) is 1. The maximum absolute atomic E-state index is 13.8. The minimum Gasteiger partial charge on any atom is -0.432 e. The Kier molecular flexibility index (Phi) is 7.08. The summed E-state index contributed by atoms with van der Waals surface area (Å²) in [5.74, 6) is -1.44. The van der Waals surface area contributed by atoms with Crippen molar-refractivity contribution in [3.8, 4) is 0 Å². The van der Waals surface area contributed by atoms with Crippen molar-refractivity contribution in [2.45, 2.75) is 75.6 Å². The van der Waals surface area contributed by atoms with Gasteiger partial charge in [-0.25, -0.2) is 0 Å². The van der Waals surface area contributed by atoms with Gasteiger partial charge < -0.3 is 34.9 Å². The Balaban J connectivity index is 1.73. The van der Waals surface area contributed by atoms with E-state index in [1.807, 2.05) is 6.92 Å². The van der Waals surface area contributed by atoms with Gasteiger partial charge in [0.05, 0.1) is 30.9 Å². The number of amides is 3. The third-order valence-electron chi connectivity index (χ3n) is 8.04. The molecule has 0 aromatic heterocycles. The van der Waals surface area contributed by atoms with Crippen molar-refractivity contribution < 1.29 is 34.1 Å². The summed E-state index contributed by atoms with van der Waals surface area (Å²) in [4.78, 5) is 53.7. The first-order valence-electron chi connectivity index (χ1n) is 12.5. The van der Waals surface area contributed by atoms with Crippen molar-refractivity contribution in [3.63, 3.8) is 0 Å². The van der Waals surface area contributed by atoms with E-state index in [4.69, 9.17) is 4.74 Å². The molecule has 1 aromatic carbocycles. The van der Waals surface area contributed by atoms with E-state index >= 15 is 0 Å². The van der Waals surface area contributed by atoms with Crippen molar-refractivity contribution >= 4 is 37.4 Å². The van der Waals surface area contributed by atoms with E-state index in [1.54, 1.807) is 43.2 Å². The number of aliphatic hydroxyl groups is 2. The summed E-state index contributed by atoms with van der Waals surface area (Å²) in [5.41, 5.74) is -0.212. The molecule has 0 aliphatic carbocycles. The van der Waals surface area contributed by atoms with Crippen molar-refractivity contribution in [2.24, 2.45) is 5.92 Å². The lowest BCUT2D eigenvalue weighted by Crippen LogP contribution is -2.45. The second-order valence-corrected chi connectivity index (χ2v) is 14.9. The lowest BCUT2D eigenvalue weighted by molar-refractivity contribution is -0.149. The van der Waals surface area contributed by atoms with E-state index in [1.165, 1.54) is 11.8 Å². The Morgan fingerprint density at radius 2 is 2.03 bits per heavy atom. The second kappa shape index (κ2) is 9.53. The van der Waals surface area contributed by atoms with Crippen LogP contribution in [0.15, 0.2) is 18.2 Å². The zero-order valence-corrected chi connectivity index (χ0v) is 22.5. The maximum atomic E-state index is 13.8. The monoisotopic (exact) mass is 519 g/mol. The summed E-state index contributed by atoms with van der Waals surface area (Å²) in [6.07, 6.45) is -0.306. The first kappa shape index (κ1) is 26.7. The van der Waals surface area contributed by atoms with Gasteiger partial charge in [0.2, 0.25) is 5.91 Å². The lowest BCUT2D eigenvalue weighted by Gasteiger charge is -2.32. The lowest BCUT2D eigenvalue weighted by atomic mass is 9.82. The molecule has 2 saturated heterocycles. The highest BCUT2D eigenvalue weighted by molar-refractivity contribution is 6.71. The molecule has 4 N–H and O–H groups in total. The van der Waals surface area contributed by atoms with Crippen LogP contribution in [0.25, 0.3) is 0 Å². The molecule has 3 amide bonds. The highest BCUT2D eigenvalue weighted by atomic mass is 28.4.